The number of aromatic nitrogens is 4. The number of aromatic hydroxyl groups is 1. The van der Waals surface area contributed by atoms with Gasteiger partial charge in [-0.05, 0) is 25.3 Å². The van der Waals surface area contributed by atoms with E-state index in [0.29, 0.717) is 25.6 Å². The lowest BCUT2D eigenvalue weighted by Gasteiger charge is -2.55. The highest BCUT2D eigenvalue weighted by molar-refractivity contribution is 5.91. The third-order valence-corrected chi connectivity index (χ3v) is 6.98. The lowest BCUT2D eigenvalue weighted by Crippen LogP contribution is -2.68. The number of carbonyl (C=O) groups is 1. The van der Waals surface area contributed by atoms with Crippen LogP contribution < -0.4 is 10.2 Å². The molecule has 3 aromatic rings. The van der Waals surface area contributed by atoms with Crippen molar-refractivity contribution in [2.45, 2.75) is 31.0 Å². The first-order valence-corrected chi connectivity index (χ1v) is 11.2. The van der Waals surface area contributed by atoms with Gasteiger partial charge in [0.2, 0.25) is 5.95 Å². The summed E-state index contributed by atoms with van der Waals surface area (Å²) in [7, 11) is 3.06. The molecular weight excluding hydrogens is 489 g/mol. The number of phenolic OH excluding ortho intramolecular Hbond substituents is 1. The molecule has 2 aliphatic rings. The molecule has 2 fully saturated rings. The standard InChI is InChI=1S/C22H22F5N7O2/c1-28-20(36)34-7-6-33(10-21(34)4-3-5-21)19-29-9-12-16(31-32(2)18(12)30-19)11-8-13(22(25,26)27)15(24)17(35)14(11)23/h8-9,35H,3-7,10H2,1-2H3,(H,28,36). The summed E-state index contributed by atoms with van der Waals surface area (Å²) in [5.41, 5.74) is -2.93. The Hall–Kier alpha value is -3.71. The van der Waals surface area contributed by atoms with Crippen molar-refractivity contribution in [3.63, 3.8) is 0 Å². The molecule has 2 amide bonds. The molecule has 1 spiro atoms. The Morgan fingerprint density at radius 3 is 2.53 bits per heavy atom. The first-order chi connectivity index (χ1) is 17.0. The van der Waals surface area contributed by atoms with Gasteiger partial charge in [-0.3, -0.25) is 0 Å². The van der Waals surface area contributed by atoms with Crippen LogP contribution in [0.4, 0.5) is 32.7 Å². The molecule has 1 aliphatic heterocycles. The van der Waals surface area contributed by atoms with Crippen LogP contribution in [0.1, 0.15) is 24.8 Å². The van der Waals surface area contributed by atoms with Gasteiger partial charge in [0, 0.05) is 45.5 Å². The number of piperazine rings is 1. The van der Waals surface area contributed by atoms with Gasteiger partial charge in [0.25, 0.3) is 0 Å². The van der Waals surface area contributed by atoms with Crippen molar-refractivity contribution in [3.8, 4) is 17.0 Å². The molecule has 1 aromatic carbocycles. The van der Waals surface area contributed by atoms with E-state index in [0.717, 1.165) is 19.3 Å². The van der Waals surface area contributed by atoms with Crippen LogP contribution in [-0.4, -0.2) is 68.0 Å². The number of aryl methyl sites for hydroxylation is 1. The van der Waals surface area contributed by atoms with Crippen molar-refractivity contribution in [1.82, 2.24) is 30.0 Å². The Labute approximate surface area is 201 Å². The van der Waals surface area contributed by atoms with Crippen LogP contribution in [0.2, 0.25) is 0 Å². The minimum Gasteiger partial charge on any atom is -0.503 e. The number of phenols is 1. The van der Waals surface area contributed by atoms with Crippen LogP contribution in [0, 0.1) is 11.6 Å². The van der Waals surface area contributed by atoms with Gasteiger partial charge in [0.15, 0.2) is 23.0 Å². The maximum Gasteiger partial charge on any atom is 0.419 e. The number of alkyl halides is 3. The molecule has 1 saturated heterocycles. The van der Waals surface area contributed by atoms with E-state index < -0.39 is 34.7 Å². The average Bonchev–Trinajstić information content (AvgIpc) is 3.15. The molecule has 9 nitrogen and oxygen atoms in total. The molecule has 3 heterocycles. The summed E-state index contributed by atoms with van der Waals surface area (Å²) in [6, 6.07) is 0.128. The van der Waals surface area contributed by atoms with Crippen molar-refractivity contribution in [2.24, 2.45) is 7.05 Å². The predicted molar refractivity (Wildman–Crippen MR) is 118 cm³/mol. The Bertz CT molecular complexity index is 1370. The number of hydrogen-bond acceptors (Lipinski definition) is 6. The molecule has 0 bridgehead atoms. The largest absolute Gasteiger partial charge is 0.503 e. The molecule has 192 valence electrons. The number of fused-ring (bicyclic) bond motifs is 1. The zero-order chi connectivity index (χ0) is 26.0. The van der Waals surface area contributed by atoms with Crippen molar-refractivity contribution < 1.29 is 31.9 Å². The molecule has 5 rings (SSSR count). The molecule has 0 radical (unpaired) electrons. The Balaban J connectivity index is 1.54. The van der Waals surface area contributed by atoms with E-state index >= 15 is 0 Å². The zero-order valence-corrected chi connectivity index (χ0v) is 19.3. The van der Waals surface area contributed by atoms with Gasteiger partial charge < -0.3 is 20.2 Å². The first-order valence-electron chi connectivity index (χ1n) is 11.2. The number of anilines is 1. The summed E-state index contributed by atoms with van der Waals surface area (Å²) in [5, 5.41) is 16.6. The van der Waals surface area contributed by atoms with Crippen LogP contribution >= 0.6 is 0 Å². The summed E-state index contributed by atoms with van der Waals surface area (Å²) in [6.07, 6.45) is -1.19. The number of rotatable bonds is 2. The van der Waals surface area contributed by atoms with Crippen LogP contribution in [0.3, 0.4) is 0 Å². The number of carbonyl (C=O) groups excluding carboxylic acids is 1. The van der Waals surface area contributed by atoms with E-state index in [1.54, 1.807) is 7.05 Å². The van der Waals surface area contributed by atoms with E-state index in [9.17, 15) is 31.9 Å². The predicted octanol–water partition coefficient (Wildman–Crippen LogP) is 3.42. The fourth-order valence-electron chi connectivity index (χ4n) is 4.99. The summed E-state index contributed by atoms with van der Waals surface area (Å²) in [6.45, 7) is 1.42. The lowest BCUT2D eigenvalue weighted by molar-refractivity contribution is -0.140. The van der Waals surface area contributed by atoms with Gasteiger partial charge in [-0.2, -0.15) is 23.3 Å². The monoisotopic (exact) mass is 511 g/mol. The van der Waals surface area contributed by atoms with E-state index in [-0.39, 0.29) is 34.4 Å². The maximum atomic E-state index is 14.7. The van der Waals surface area contributed by atoms with Gasteiger partial charge in [-0.25, -0.2) is 23.2 Å². The number of halogens is 5. The van der Waals surface area contributed by atoms with Gasteiger partial charge in [0.05, 0.1) is 16.5 Å². The summed E-state index contributed by atoms with van der Waals surface area (Å²) >= 11 is 0. The molecule has 36 heavy (non-hydrogen) atoms. The average molecular weight is 511 g/mol. The van der Waals surface area contributed by atoms with E-state index in [1.807, 2.05) is 9.80 Å². The van der Waals surface area contributed by atoms with Gasteiger partial charge in [0.1, 0.15) is 5.69 Å². The van der Waals surface area contributed by atoms with E-state index in [2.05, 4.69) is 20.4 Å². The summed E-state index contributed by atoms with van der Waals surface area (Å²) < 4.78 is 69.7. The second-order valence-electron chi connectivity index (χ2n) is 9.03. The van der Waals surface area contributed by atoms with Crippen molar-refractivity contribution in [1.29, 1.82) is 0 Å². The second kappa shape index (κ2) is 8.17. The SMILES string of the molecule is CNC(=O)N1CCN(c2ncc3c(-c4cc(C(F)(F)F)c(F)c(O)c4F)nn(C)c3n2)CC12CCC2. The molecule has 1 saturated carbocycles. The summed E-state index contributed by atoms with van der Waals surface area (Å²) in [5.74, 6) is -5.07. The number of nitrogens with zero attached hydrogens (tertiary/aromatic N) is 6. The highest BCUT2D eigenvalue weighted by Gasteiger charge is 2.48. The topological polar surface area (TPSA) is 99.4 Å². The third-order valence-electron chi connectivity index (χ3n) is 6.98. The Morgan fingerprint density at radius 2 is 1.92 bits per heavy atom. The molecule has 1 aliphatic carbocycles. The summed E-state index contributed by atoms with van der Waals surface area (Å²) in [4.78, 5) is 25.0. The molecule has 2 aromatic heterocycles. The zero-order valence-electron chi connectivity index (χ0n) is 19.3. The van der Waals surface area contributed by atoms with E-state index in [4.69, 9.17) is 0 Å². The maximum absolute atomic E-state index is 14.7. The Kier molecular flexibility index (Phi) is 5.45. The van der Waals surface area contributed by atoms with Gasteiger partial charge >= 0.3 is 12.2 Å². The van der Waals surface area contributed by atoms with Crippen LogP contribution in [0.15, 0.2) is 12.3 Å². The first kappa shape index (κ1) is 24.0. The minimum absolute atomic E-state index is 0.127. The number of hydrogen-bond donors (Lipinski definition) is 2. The minimum atomic E-state index is -5.16. The lowest BCUT2D eigenvalue weighted by atomic mass is 9.74. The number of urea groups is 1. The highest BCUT2D eigenvalue weighted by Crippen LogP contribution is 2.43. The highest BCUT2D eigenvalue weighted by atomic mass is 19.4. The second-order valence-corrected chi connectivity index (χ2v) is 9.03. The van der Waals surface area contributed by atoms with Crippen LogP contribution in [-0.2, 0) is 13.2 Å². The van der Waals surface area contributed by atoms with Crippen molar-refractivity contribution in [3.05, 3.63) is 29.5 Å². The number of amides is 2. The Morgan fingerprint density at radius 1 is 1.19 bits per heavy atom. The fourth-order valence-corrected chi connectivity index (χ4v) is 4.99. The van der Waals surface area contributed by atoms with E-state index in [1.165, 1.54) is 17.9 Å². The van der Waals surface area contributed by atoms with Crippen LogP contribution in [0.5, 0.6) is 5.75 Å². The third kappa shape index (κ3) is 3.57. The van der Waals surface area contributed by atoms with Crippen LogP contribution in [0.25, 0.3) is 22.3 Å². The number of benzene rings is 1. The van der Waals surface area contributed by atoms with Crippen molar-refractivity contribution in [2.75, 3.05) is 31.6 Å². The molecule has 0 atom stereocenters. The van der Waals surface area contributed by atoms with Crippen molar-refractivity contribution >= 4 is 23.0 Å². The fraction of sp³-hybridized carbons (Fsp3) is 0.455. The molecular formula is C22H22F5N7O2. The number of nitrogens with one attached hydrogen (secondary N) is 1. The normalized spacial score (nSPS) is 17.5. The quantitative estimate of drug-likeness (QED) is 0.512. The molecule has 14 heteroatoms. The van der Waals surface area contributed by atoms with Gasteiger partial charge in [-0.1, -0.05) is 0 Å². The molecule has 2 N–H and O–H groups in total. The molecule has 0 unspecified atom stereocenters. The van der Waals surface area contributed by atoms with Gasteiger partial charge in [-0.15, -0.1) is 0 Å². The smallest absolute Gasteiger partial charge is 0.419 e.